The third-order valence-corrected chi connectivity index (χ3v) is 3.85. The molecule has 2 heterocycles. The highest BCUT2D eigenvalue weighted by Crippen LogP contribution is 2.25. The van der Waals surface area contributed by atoms with Crippen LogP contribution in [0.5, 0.6) is 0 Å². The van der Waals surface area contributed by atoms with Gasteiger partial charge in [0, 0.05) is 25.4 Å². The largest absolute Gasteiger partial charge is 0.311 e. The van der Waals surface area contributed by atoms with Crippen LogP contribution in [0.25, 0.3) is 10.9 Å². The van der Waals surface area contributed by atoms with Crippen molar-refractivity contribution in [1.29, 1.82) is 0 Å². The lowest BCUT2D eigenvalue weighted by Crippen LogP contribution is -2.22. The van der Waals surface area contributed by atoms with Gasteiger partial charge >= 0.3 is 0 Å². The average molecular weight is 284 g/mol. The molecular weight excluding hydrogens is 264 g/mol. The Hall–Kier alpha value is -2.21. The van der Waals surface area contributed by atoms with E-state index in [0.717, 1.165) is 30.0 Å². The average Bonchev–Trinajstić information content (AvgIpc) is 3.10. The second-order valence-electron chi connectivity index (χ2n) is 5.06. The van der Waals surface area contributed by atoms with Gasteiger partial charge in [0.2, 0.25) is 0 Å². The number of hydrogen-bond donors (Lipinski definition) is 1. The monoisotopic (exact) mass is 284 g/mol. The SMILES string of the molecule is CCn1ncnc1CC(NC)c1nn(C)c2ccccc12. The van der Waals surface area contributed by atoms with Gasteiger partial charge in [-0.25, -0.2) is 4.98 Å². The molecule has 0 bridgehead atoms. The zero-order valence-corrected chi connectivity index (χ0v) is 12.6. The minimum atomic E-state index is 0.116. The van der Waals surface area contributed by atoms with E-state index in [1.54, 1.807) is 6.33 Å². The maximum absolute atomic E-state index is 4.69. The van der Waals surface area contributed by atoms with Gasteiger partial charge in [0.1, 0.15) is 12.2 Å². The lowest BCUT2D eigenvalue weighted by molar-refractivity contribution is 0.520. The van der Waals surface area contributed by atoms with E-state index >= 15 is 0 Å². The van der Waals surface area contributed by atoms with E-state index in [4.69, 9.17) is 5.10 Å². The Balaban J connectivity index is 1.99. The van der Waals surface area contributed by atoms with Crippen molar-refractivity contribution in [3.8, 4) is 0 Å². The van der Waals surface area contributed by atoms with Gasteiger partial charge in [-0.2, -0.15) is 10.2 Å². The molecule has 1 atom stereocenters. The minimum Gasteiger partial charge on any atom is -0.311 e. The fourth-order valence-corrected chi connectivity index (χ4v) is 2.73. The second-order valence-corrected chi connectivity index (χ2v) is 5.06. The maximum Gasteiger partial charge on any atom is 0.138 e. The smallest absolute Gasteiger partial charge is 0.138 e. The number of fused-ring (bicyclic) bond motifs is 1. The Bertz CT molecular complexity index is 742. The summed E-state index contributed by atoms with van der Waals surface area (Å²) in [6.45, 7) is 2.90. The predicted octanol–water partition coefficient (Wildman–Crippen LogP) is 1.69. The van der Waals surface area contributed by atoms with Crippen LogP contribution >= 0.6 is 0 Å². The van der Waals surface area contributed by atoms with Gasteiger partial charge in [-0.3, -0.25) is 9.36 Å². The Morgan fingerprint density at radius 2 is 2.10 bits per heavy atom. The van der Waals surface area contributed by atoms with Gasteiger partial charge in [0.15, 0.2) is 0 Å². The molecule has 6 nitrogen and oxygen atoms in total. The summed E-state index contributed by atoms with van der Waals surface area (Å²) in [6, 6.07) is 8.41. The molecule has 0 spiro atoms. The fourth-order valence-electron chi connectivity index (χ4n) is 2.73. The Kier molecular flexibility index (Phi) is 3.70. The van der Waals surface area contributed by atoms with E-state index in [0.29, 0.717) is 0 Å². The first-order valence-electron chi connectivity index (χ1n) is 7.20. The van der Waals surface area contributed by atoms with Crippen molar-refractivity contribution in [1.82, 2.24) is 29.9 Å². The van der Waals surface area contributed by atoms with Crippen LogP contribution in [-0.2, 0) is 20.0 Å². The van der Waals surface area contributed by atoms with Crippen LogP contribution < -0.4 is 5.32 Å². The zero-order chi connectivity index (χ0) is 14.8. The summed E-state index contributed by atoms with van der Waals surface area (Å²) >= 11 is 0. The molecule has 0 saturated heterocycles. The van der Waals surface area contributed by atoms with E-state index in [1.807, 2.05) is 29.5 Å². The number of nitrogens with zero attached hydrogens (tertiary/aromatic N) is 5. The van der Waals surface area contributed by atoms with Crippen molar-refractivity contribution in [3.63, 3.8) is 0 Å². The van der Waals surface area contributed by atoms with Gasteiger partial charge in [-0.1, -0.05) is 18.2 Å². The van der Waals surface area contributed by atoms with Crippen molar-refractivity contribution >= 4 is 10.9 Å². The fraction of sp³-hybridized carbons (Fsp3) is 0.400. The Morgan fingerprint density at radius 1 is 1.29 bits per heavy atom. The first-order valence-corrected chi connectivity index (χ1v) is 7.20. The molecule has 0 aliphatic rings. The van der Waals surface area contributed by atoms with Crippen molar-refractivity contribution in [2.75, 3.05) is 7.05 Å². The first-order chi connectivity index (χ1) is 10.2. The topological polar surface area (TPSA) is 60.6 Å². The minimum absolute atomic E-state index is 0.116. The molecule has 2 aromatic heterocycles. The molecule has 1 N–H and O–H groups in total. The normalized spacial score (nSPS) is 12.9. The highest BCUT2D eigenvalue weighted by molar-refractivity contribution is 5.82. The molecule has 0 amide bonds. The number of rotatable bonds is 5. The van der Waals surface area contributed by atoms with Crippen LogP contribution in [0.1, 0.15) is 24.5 Å². The summed E-state index contributed by atoms with van der Waals surface area (Å²) in [5.41, 5.74) is 2.20. The molecule has 1 aromatic carbocycles. The number of hydrogen-bond acceptors (Lipinski definition) is 4. The van der Waals surface area contributed by atoms with E-state index in [-0.39, 0.29) is 6.04 Å². The van der Waals surface area contributed by atoms with Gasteiger partial charge in [-0.15, -0.1) is 0 Å². The zero-order valence-electron chi connectivity index (χ0n) is 12.6. The maximum atomic E-state index is 4.69. The molecular formula is C15H20N6. The molecule has 1 unspecified atom stereocenters. The van der Waals surface area contributed by atoms with Crippen LogP contribution in [0.4, 0.5) is 0 Å². The molecule has 0 saturated carbocycles. The molecule has 0 fully saturated rings. The van der Waals surface area contributed by atoms with Gasteiger partial charge < -0.3 is 5.32 Å². The molecule has 110 valence electrons. The number of likely N-dealkylation sites (N-methyl/N-ethyl adjacent to an activating group) is 1. The van der Waals surface area contributed by atoms with E-state index < -0.39 is 0 Å². The molecule has 3 rings (SSSR count). The summed E-state index contributed by atoms with van der Waals surface area (Å²) < 4.78 is 3.86. The van der Waals surface area contributed by atoms with Gasteiger partial charge in [0.25, 0.3) is 0 Å². The van der Waals surface area contributed by atoms with Crippen LogP contribution in [0, 0.1) is 0 Å². The number of aryl methyl sites for hydroxylation is 2. The van der Waals surface area contributed by atoms with Crippen molar-refractivity contribution in [2.45, 2.75) is 25.9 Å². The summed E-state index contributed by atoms with van der Waals surface area (Å²) in [6.07, 6.45) is 2.38. The Morgan fingerprint density at radius 3 is 2.86 bits per heavy atom. The predicted molar refractivity (Wildman–Crippen MR) is 81.9 cm³/mol. The summed E-state index contributed by atoms with van der Waals surface area (Å²) in [7, 11) is 3.94. The van der Waals surface area contributed by atoms with Crippen LogP contribution in [0.3, 0.4) is 0 Å². The quantitative estimate of drug-likeness (QED) is 0.774. The van der Waals surface area contributed by atoms with Crippen molar-refractivity contribution in [3.05, 3.63) is 42.1 Å². The Labute approximate surface area is 123 Å². The van der Waals surface area contributed by atoms with Gasteiger partial charge in [0.05, 0.1) is 17.3 Å². The van der Waals surface area contributed by atoms with Gasteiger partial charge in [-0.05, 0) is 20.0 Å². The second kappa shape index (κ2) is 5.65. The van der Waals surface area contributed by atoms with Crippen molar-refractivity contribution in [2.24, 2.45) is 7.05 Å². The third-order valence-electron chi connectivity index (χ3n) is 3.85. The molecule has 21 heavy (non-hydrogen) atoms. The van der Waals surface area contributed by atoms with Crippen molar-refractivity contribution < 1.29 is 0 Å². The molecule has 0 aliphatic carbocycles. The molecule has 3 aromatic rings. The molecule has 6 heteroatoms. The molecule has 0 aliphatic heterocycles. The van der Waals surface area contributed by atoms with E-state index in [1.165, 1.54) is 5.39 Å². The number of para-hydroxylation sites is 1. The summed E-state index contributed by atoms with van der Waals surface area (Å²) in [5.74, 6) is 0.978. The van der Waals surface area contributed by atoms with Crippen LogP contribution in [-0.4, -0.2) is 31.6 Å². The first kappa shape index (κ1) is 13.8. The van der Waals surface area contributed by atoms with Crippen LogP contribution in [0.2, 0.25) is 0 Å². The third kappa shape index (κ3) is 2.42. The summed E-state index contributed by atoms with van der Waals surface area (Å²) in [4.78, 5) is 4.36. The lowest BCUT2D eigenvalue weighted by atomic mass is 10.1. The standard InChI is InChI=1S/C15H20N6/c1-4-21-14(17-10-18-21)9-12(16-2)15-11-7-5-6-8-13(11)20(3)19-15/h5-8,10,12,16H,4,9H2,1-3H3. The molecule has 0 radical (unpaired) electrons. The number of nitrogens with one attached hydrogen (secondary N) is 1. The van der Waals surface area contributed by atoms with Crippen LogP contribution in [0.15, 0.2) is 30.6 Å². The summed E-state index contributed by atoms with van der Waals surface area (Å²) in [5, 5.41) is 13.5. The van der Waals surface area contributed by atoms with E-state index in [9.17, 15) is 0 Å². The number of benzene rings is 1. The highest BCUT2D eigenvalue weighted by Gasteiger charge is 2.20. The lowest BCUT2D eigenvalue weighted by Gasteiger charge is -2.14. The number of aromatic nitrogens is 5. The van der Waals surface area contributed by atoms with E-state index in [2.05, 4.69) is 40.5 Å². The highest BCUT2D eigenvalue weighted by atomic mass is 15.3.